The Morgan fingerprint density at radius 1 is 1.33 bits per heavy atom. The highest BCUT2D eigenvalue weighted by atomic mass is 127. The third-order valence-corrected chi connectivity index (χ3v) is 3.08. The summed E-state index contributed by atoms with van der Waals surface area (Å²) in [4.78, 5) is 14.0. The molecule has 0 atom stereocenters. The summed E-state index contributed by atoms with van der Waals surface area (Å²) < 4.78 is 1.16. The lowest BCUT2D eigenvalue weighted by molar-refractivity contribution is -0.385. The van der Waals surface area contributed by atoms with Crippen molar-refractivity contribution in [2.45, 2.75) is 6.92 Å². The Labute approximate surface area is 118 Å². The van der Waals surface area contributed by atoms with Crippen LogP contribution >= 0.6 is 22.6 Å². The Morgan fingerprint density at radius 3 is 2.67 bits per heavy atom. The van der Waals surface area contributed by atoms with Gasteiger partial charge in [0.1, 0.15) is 12.0 Å². The number of aromatic nitrogens is 1. The van der Waals surface area contributed by atoms with Crippen molar-refractivity contribution < 1.29 is 4.92 Å². The smallest absolute Gasteiger partial charge is 0.287 e. The molecular weight excluding hydrogens is 345 g/mol. The van der Waals surface area contributed by atoms with Crippen molar-refractivity contribution >= 4 is 39.8 Å². The zero-order valence-electron chi connectivity index (χ0n) is 9.55. The fourth-order valence-electron chi connectivity index (χ4n) is 1.47. The molecule has 0 fully saturated rings. The standard InChI is InChI=1S/C12H10IN3O2/c1-8-6-9(13)2-4-11(8)15-12-5-3-10(7-14-12)16(17)18/h2-7H,1H3,(H,14,15). The first-order chi connectivity index (χ1) is 8.56. The van der Waals surface area contributed by atoms with E-state index >= 15 is 0 Å². The van der Waals surface area contributed by atoms with Gasteiger partial charge in [-0.3, -0.25) is 10.1 Å². The van der Waals surface area contributed by atoms with E-state index in [1.807, 2.05) is 25.1 Å². The van der Waals surface area contributed by atoms with Crippen LogP contribution in [0.2, 0.25) is 0 Å². The lowest BCUT2D eigenvalue weighted by Crippen LogP contribution is -1.97. The Hall–Kier alpha value is -1.70. The van der Waals surface area contributed by atoms with E-state index < -0.39 is 4.92 Å². The number of rotatable bonds is 3. The molecule has 1 aromatic carbocycles. The molecular formula is C12H10IN3O2. The van der Waals surface area contributed by atoms with Crippen molar-refractivity contribution in [2.24, 2.45) is 0 Å². The van der Waals surface area contributed by atoms with Gasteiger partial charge in [-0.1, -0.05) is 0 Å². The van der Waals surface area contributed by atoms with Gasteiger partial charge in [0.25, 0.3) is 5.69 Å². The van der Waals surface area contributed by atoms with E-state index in [4.69, 9.17) is 0 Å². The molecule has 0 amide bonds. The van der Waals surface area contributed by atoms with E-state index in [1.54, 1.807) is 6.07 Å². The largest absolute Gasteiger partial charge is 0.340 e. The molecule has 0 bridgehead atoms. The van der Waals surface area contributed by atoms with Crippen LogP contribution in [-0.2, 0) is 0 Å². The van der Waals surface area contributed by atoms with Crippen LogP contribution in [0, 0.1) is 20.6 Å². The number of halogens is 1. The van der Waals surface area contributed by atoms with Crippen LogP contribution in [0.5, 0.6) is 0 Å². The van der Waals surface area contributed by atoms with E-state index in [0.717, 1.165) is 14.8 Å². The quantitative estimate of drug-likeness (QED) is 0.519. The number of aryl methyl sites for hydroxylation is 1. The Morgan fingerprint density at radius 2 is 2.11 bits per heavy atom. The zero-order chi connectivity index (χ0) is 13.1. The van der Waals surface area contributed by atoms with Gasteiger partial charge >= 0.3 is 0 Å². The van der Waals surface area contributed by atoms with E-state index in [2.05, 4.69) is 32.9 Å². The number of nitrogens with one attached hydrogen (secondary N) is 1. The molecule has 2 aromatic rings. The molecule has 0 aliphatic rings. The van der Waals surface area contributed by atoms with Gasteiger partial charge in [-0.25, -0.2) is 4.98 Å². The molecule has 0 aliphatic carbocycles. The first-order valence-corrected chi connectivity index (χ1v) is 6.28. The van der Waals surface area contributed by atoms with Crippen LogP contribution in [0.25, 0.3) is 0 Å². The summed E-state index contributed by atoms with van der Waals surface area (Å²) in [6.45, 7) is 2.00. The molecule has 6 heteroatoms. The number of anilines is 2. The minimum Gasteiger partial charge on any atom is -0.340 e. The molecule has 0 radical (unpaired) electrons. The SMILES string of the molecule is Cc1cc(I)ccc1Nc1ccc([N+](=O)[O-])cn1. The Bertz CT molecular complexity index is 584. The number of nitrogens with zero attached hydrogens (tertiary/aromatic N) is 2. The summed E-state index contributed by atoms with van der Waals surface area (Å²) in [5, 5.41) is 13.6. The maximum Gasteiger partial charge on any atom is 0.287 e. The van der Waals surface area contributed by atoms with Gasteiger partial charge in [0.2, 0.25) is 0 Å². The summed E-state index contributed by atoms with van der Waals surface area (Å²) >= 11 is 2.25. The van der Waals surface area contributed by atoms with Gasteiger partial charge < -0.3 is 5.32 Å². The van der Waals surface area contributed by atoms with Crippen molar-refractivity contribution in [2.75, 3.05) is 5.32 Å². The summed E-state index contributed by atoms with van der Waals surface area (Å²) in [6, 6.07) is 9.02. The summed E-state index contributed by atoms with van der Waals surface area (Å²) in [6.07, 6.45) is 1.24. The number of hydrogen-bond acceptors (Lipinski definition) is 4. The number of pyridine rings is 1. The van der Waals surface area contributed by atoms with Crippen molar-refractivity contribution in [3.05, 3.63) is 55.8 Å². The van der Waals surface area contributed by atoms with Gasteiger partial charge in [0.15, 0.2) is 0 Å². The molecule has 92 valence electrons. The molecule has 1 N–H and O–H groups in total. The average Bonchev–Trinajstić information content (AvgIpc) is 2.33. The lowest BCUT2D eigenvalue weighted by atomic mass is 10.2. The normalized spacial score (nSPS) is 10.1. The van der Waals surface area contributed by atoms with Gasteiger partial charge in [0, 0.05) is 15.3 Å². The third-order valence-electron chi connectivity index (χ3n) is 2.41. The average molecular weight is 355 g/mol. The van der Waals surface area contributed by atoms with E-state index in [0.29, 0.717) is 5.82 Å². The summed E-state index contributed by atoms with van der Waals surface area (Å²) in [5.74, 6) is 0.588. The zero-order valence-corrected chi connectivity index (χ0v) is 11.7. The molecule has 0 spiro atoms. The molecule has 5 nitrogen and oxygen atoms in total. The fraction of sp³-hybridized carbons (Fsp3) is 0.0833. The minimum absolute atomic E-state index is 0.0140. The second-order valence-electron chi connectivity index (χ2n) is 3.74. The van der Waals surface area contributed by atoms with Gasteiger partial charge in [-0.2, -0.15) is 0 Å². The minimum atomic E-state index is -0.465. The van der Waals surface area contributed by atoms with E-state index in [-0.39, 0.29) is 5.69 Å². The predicted molar refractivity (Wildman–Crippen MR) is 78.1 cm³/mol. The number of benzene rings is 1. The Balaban J connectivity index is 2.21. The maximum atomic E-state index is 10.5. The number of hydrogen-bond donors (Lipinski definition) is 1. The van der Waals surface area contributed by atoms with Crippen LogP contribution in [0.4, 0.5) is 17.2 Å². The van der Waals surface area contributed by atoms with Crippen LogP contribution in [0.1, 0.15) is 5.56 Å². The summed E-state index contributed by atoms with van der Waals surface area (Å²) in [5.41, 5.74) is 2.03. The second-order valence-corrected chi connectivity index (χ2v) is 4.99. The van der Waals surface area contributed by atoms with Gasteiger partial charge in [-0.15, -0.1) is 0 Å². The Kier molecular flexibility index (Phi) is 3.75. The first kappa shape index (κ1) is 12.7. The van der Waals surface area contributed by atoms with E-state index in [1.165, 1.54) is 12.3 Å². The van der Waals surface area contributed by atoms with Crippen LogP contribution in [0.3, 0.4) is 0 Å². The van der Waals surface area contributed by atoms with Crippen molar-refractivity contribution in [3.63, 3.8) is 0 Å². The van der Waals surface area contributed by atoms with E-state index in [9.17, 15) is 10.1 Å². The molecule has 18 heavy (non-hydrogen) atoms. The molecule has 1 aromatic heterocycles. The van der Waals surface area contributed by atoms with Gasteiger partial charge in [-0.05, 0) is 59.3 Å². The molecule has 0 aliphatic heterocycles. The first-order valence-electron chi connectivity index (χ1n) is 5.20. The fourth-order valence-corrected chi connectivity index (χ4v) is 2.12. The van der Waals surface area contributed by atoms with Gasteiger partial charge in [0.05, 0.1) is 4.92 Å². The predicted octanol–water partition coefficient (Wildman–Crippen LogP) is 3.65. The lowest BCUT2D eigenvalue weighted by Gasteiger charge is -2.08. The molecule has 1 heterocycles. The van der Waals surface area contributed by atoms with Crippen molar-refractivity contribution in [3.8, 4) is 0 Å². The van der Waals surface area contributed by atoms with Crippen LogP contribution in [0.15, 0.2) is 36.5 Å². The number of nitro groups is 1. The topological polar surface area (TPSA) is 68.1 Å². The molecule has 0 saturated carbocycles. The van der Waals surface area contributed by atoms with Crippen LogP contribution in [-0.4, -0.2) is 9.91 Å². The second kappa shape index (κ2) is 5.30. The third kappa shape index (κ3) is 2.95. The van der Waals surface area contributed by atoms with Crippen molar-refractivity contribution in [1.29, 1.82) is 0 Å². The highest BCUT2D eigenvalue weighted by Gasteiger charge is 2.06. The molecule has 0 unspecified atom stereocenters. The monoisotopic (exact) mass is 355 g/mol. The molecule has 2 rings (SSSR count). The van der Waals surface area contributed by atoms with Crippen molar-refractivity contribution in [1.82, 2.24) is 4.98 Å². The van der Waals surface area contributed by atoms with Crippen LogP contribution < -0.4 is 5.32 Å². The maximum absolute atomic E-state index is 10.5. The highest BCUT2D eigenvalue weighted by molar-refractivity contribution is 14.1. The summed E-state index contributed by atoms with van der Waals surface area (Å²) in [7, 11) is 0. The highest BCUT2D eigenvalue weighted by Crippen LogP contribution is 2.22. The molecule has 0 saturated heterocycles.